The van der Waals surface area contributed by atoms with Gasteiger partial charge in [0.05, 0.1) is 42.6 Å². The molecule has 0 radical (unpaired) electrons. The number of carbonyl (C=O) groups excluding carboxylic acids is 1. The summed E-state index contributed by atoms with van der Waals surface area (Å²) in [5, 5.41) is 26.3. The predicted molar refractivity (Wildman–Crippen MR) is 153 cm³/mol. The fourth-order valence-electron chi connectivity index (χ4n) is 12.0. The summed E-state index contributed by atoms with van der Waals surface area (Å²) in [6, 6.07) is 6.55. The van der Waals surface area contributed by atoms with Gasteiger partial charge in [-0.1, -0.05) is 19.1 Å². The number of esters is 1. The van der Waals surface area contributed by atoms with Gasteiger partial charge in [-0.3, -0.25) is 4.90 Å². The molecule has 1 aromatic rings. The van der Waals surface area contributed by atoms with Crippen LogP contribution < -0.4 is 5.73 Å². The lowest BCUT2D eigenvalue weighted by molar-refractivity contribution is -0.320. The molecule has 232 valence electrons. The van der Waals surface area contributed by atoms with Crippen molar-refractivity contribution in [2.75, 3.05) is 53.9 Å². The minimum Gasteiger partial charge on any atom is -0.461 e. The van der Waals surface area contributed by atoms with Crippen LogP contribution in [-0.2, 0) is 23.7 Å². The first-order valence-electron chi connectivity index (χ1n) is 15.5. The van der Waals surface area contributed by atoms with Gasteiger partial charge in [0.1, 0.15) is 11.2 Å². The van der Waals surface area contributed by atoms with E-state index in [1.807, 2.05) is 0 Å². The molecule has 1 aromatic carbocycles. The van der Waals surface area contributed by atoms with Crippen molar-refractivity contribution in [1.29, 1.82) is 0 Å². The highest BCUT2D eigenvalue weighted by molar-refractivity contribution is 5.95. The highest BCUT2D eigenvalue weighted by Crippen LogP contribution is 2.80. The number of aliphatic hydroxyl groups is 2. The van der Waals surface area contributed by atoms with Gasteiger partial charge in [0.15, 0.2) is 0 Å². The first-order valence-corrected chi connectivity index (χ1v) is 15.5. The number of nitrogen functional groups attached to an aromatic ring is 1. The molecule has 0 amide bonds. The van der Waals surface area contributed by atoms with E-state index in [-0.39, 0.29) is 48.6 Å². The van der Waals surface area contributed by atoms with Gasteiger partial charge in [0.2, 0.25) is 0 Å². The second-order valence-corrected chi connectivity index (χ2v) is 13.8. The Labute approximate surface area is 247 Å². The van der Waals surface area contributed by atoms with E-state index in [0.29, 0.717) is 30.8 Å². The van der Waals surface area contributed by atoms with E-state index >= 15 is 0 Å². The third kappa shape index (κ3) is 3.12. The fourth-order valence-corrected chi connectivity index (χ4v) is 12.0. The zero-order valence-corrected chi connectivity index (χ0v) is 25.3. The summed E-state index contributed by atoms with van der Waals surface area (Å²) in [6.45, 7) is 3.54. The van der Waals surface area contributed by atoms with Crippen LogP contribution in [0.25, 0.3) is 0 Å². The first-order chi connectivity index (χ1) is 20.1. The smallest absolute Gasteiger partial charge is 0.340 e. The monoisotopic (exact) mass is 586 g/mol. The number of hydrogen-bond donors (Lipinski definition) is 3. The summed E-state index contributed by atoms with van der Waals surface area (Å²) in [7, 11) is 6.80. The Morgan fingerprint density at radius 2 is 1.86 bits per heavy atom. The minimum absolute atomic E-state index is 0.00697. The SMILES string of the molecule is CCN1C[C@]2(COC(=O)c3ccccc3N)CC[C@H](OC)[C@@]34[C@H]5C[C@H]6[C@H](OC)[C@@H]5[C@](O)(C[C@@H]6OC)[C@@](O)([C@@H](OC)[C@@H]23)[C@@H]14. The molecule has 0 unspecified atom stereocenters. The van der Waals surface area contributed by atoms with Crippen molar-refractivity contribution in [2.45, 2.75) is 74.3 Å². The number of piperidine rings is 1. The maximum atomic E-state index is 13.4. The van der Waals surface area contributed by atoms with Crippen LogP contribution in [0.5, 0.6) is 0 Å². The standard InChI is InChI=1S/C32H46N2O8/c1-6-34-15-29(16-42-27(35)17-9-7-8-10-20(17)33)12-11-22(39-3)31-19-13-18-21(38-2)14-30(36,23(19)24(18)40-4)32(37,28(31)34)26(41-5)25(29)31/h7-10,18-19,21-26,28,36-37H,6,11-16,33H2,1-5H3/t18-,19+,21+,22+,23-,24+,25+,26+,28+,29+,30-,31+,32-/m1/s1. The lowest BCUT2D eigenvalue weighted by Gasteiger charge is -2.70. The van der Waals surface area contributed by atoms with E-state index in [0.717, 1.165) is 19.3 Å². The topological polar surface area (TPSA) is 133 Å². The van der Waals surface area contributed by atoms with Crippen molar-refractivity contribution in [3.8, 4) is 0 Å². The Hall–Kier alpha value is -1.79. The summed E-state index contributed by atoms with van der Waals surface area (Å²) in [4.78, 5) is 15.7. The maximum absolute atomic E-state index is 13.4. The first kappa shape index (κ1) is 29.0. The van der Waals surface area contributed by atoms with Crippen LogP contribution in [0.4, 0.5) is 5.69 Å². The van der Waals surface area contributed by atoms with Crippen molar-refractivity contribution in [1.82, 2.24) is 4.90 Å². The molecular weight excluding hydrogens is 540 g/mol. The van der Waals surface area contributed by atoms with Gasteiger partial charge >= 0.3 is 5.97 Å². The number of methoxy groups -OCH3 is 4. The van der Waals surface area contributed by atoms with Gasteiger partial charge in [-0.2, -0.15) is 0 Å². The highest BCUT2D eigenvalue weighted by atomic mass is 16.5. The molecule has 1 spiro atoms. The van der Waals surface area contributed by atoms with Gasteiger partial charge in [0, 0.05) is 75.7 Å². The molecule has 13 atom stereocenters. The molecular formula is C32H46N2O8. The predicted octanol–water partition coefficient (Wildman–Crippen LogP) is 1.72. The number of carbonyl (C=O) groups is 1. The molecule has 6 fully saturated rings. The van der Waals surface area contributed by atoms with Gasteiger partial charge in [-0.05, 0) is 43.9 Å². The number of nitrogens with zero attached hydrogens (tertiary/aromatic N) is 1. The van der Waals surface area contributed by atoms with Crippen LogP contribution in [0, 0.1) is 34.5 Å². The van der Waals surface area contributed by atoms with Crippen LogP contribution >= 0.6 is 0 Å². The molecule has 7 bridgehead atoms. The van der Waals surface area contributed by atoms with E-state index in [1.54, 1.807) is 52.7 Å². The number of anilines is 1. The van der Waals surface area contributed by atoms with E-state index in [4.69, 9.17) is 29.4 Å². The second-order valence-electron chi connectivity index (χ2n) is 13.8. The Bertz CT molecular complexity index is 1250. The molecule has 6 aliphatic rings. The Morgan fingerprint density at radius 1 is 1.10 bits per heavy atom. The molecule has 7 rings (SSSR count). The summed E-state index contributed by atoms with van der Waals surface area (Å²) in [6.07, 6.45) is 1.22. The Morgan fingerprint density at radius 3 is 2.50 bits per heavy atom. The summed E-state index contributed by atoms with van der Waals surface area (Å²) >= 11 is 0. The van der Waals surface area contributed by atoms with Gasteiger partial charge in [0.25, 0.3) is 0 Å². The molecule has 1 aliphatic heterocycles. The van der Waals surface area contributed by atoms with Crippen LogP contribution in [0.15, 0.2) is 24.3 Å². The summed E-state index contributed by atoms with van der Waals surface area (Å²) in [5.74, 6) is -0.892. The molecule has 5 aliphatic carbocycles. The minimum atomic E-state index is -1.62. The van der Waals surface area contributed by atoms with E-state index in [9.17, 15) is 15.0 Å². The fraction of sp³-hybridized carbons (Fsp3) is 0.781. The van der Waals surface area contributed by atoms with E-state index in [1.165, 1.54) is 0 Å². The number of rotatable bonds is 8. The van der Waals surface area contributed by atoms with Crippen LogP contribution in [0.1, 0.15) is 43.0 Å². The zero-order valence-electron chi connectivity index (χ0n) is 25.3. The van der Waals surface area contributed by atoms with Crippen molar-refractivity contribution in [3.05, 3.63) is 29.8 Å². The number of benzene rings is 1. The lowest BCUT2D eigenvalue weighted by Crippen LogP contribution is -2.82. The number of likely N-dealkylation sites (N-methyl/N-ethyl adjacent to an activating group) is 1. The summed E-state index contributed by atoms with van der Waals surface area (Å²) < 4.78 is 31.1. The Balaban J connectivity index is 1.41. The average molecular weight is 587 g/mol. The van der Waals surface area contributed by atoms with Crippen molar-refractivity contribution < 1.29 is 38.7 Å². The average Bonchev–Trinajstić information content (AvgIpc) is 3.41. The quantitative estimate of drug-likeness (QED) is 0.306. The van der Waals surface area contributed by atoms with E-state index in [2.05, 4.69) is 11.8 Å². The van der Waals surface area contributed by atoms with Crippen molar-refractivity contribution in [3.63, 3.8) is 0 Å². The molecule has 0 aromatic heterocycles. The largest absolute Gasteiger partial charge is 0.461 e. The molecule has 4 N–H and O–H groups in total. The number of ether oxygens (including phenoxy) is 5. The van der Waals surface area contributed by atoms with Crippen molar-refractivity contribution in [2.24, 2.45) is 34.5 Å². The van der Waals surface area contributed by atoms with Gasteiger partial charge in [-0.25, -0.2) is 4.79 Å². The highest BCUT2D eigenvalue weighted by Gasteiger charge is 2.91. The number of hydrogen-bond acceptors (Lipinski definition) is 10. The number of para-hydroxylation sites is 1. The maximum Gasteiger partial charge on any atom is 0.340 e. The molecule has 1 saturated heterocycles. The van der Waals surface area contributed by atoms with Crippen LogP contribution in [0.3, 0.4) is 0 Å². The lowest BCUT2D eigenvalue weighted by atomic mass is 9.42. The van der Waals surface area contributed by atoms with Gasteiger partial charge < -0.3 is 39.6 Å². The molecule has 42 heavy (non-hydrogen) atoms. The molecule has 1 heterocycles. The number of likely N-dealkylation sites (tertiary alicyclic amines) is 1. The normalized spacial score (nSPS) is 50.1. The number of nitrogens with two attached hydrogens (primary N) is 1. The van der Waals surface area contributed by atoms with Gasteiger partial charge in [-0.15, -0.1) is 0 Å². The Kier molecular flexibility index (Phi) is 6.62. The molecule has 5 saturated carbocycles. The summed E-state index contributed by atoms with van der Waals surface area (Å²) in [5.41, 5.74) is 2.65. The third-order valence-electron chi connectivity index (χ3n) is 13.0. The second kappa shape index (κ2) is 9.60. The van der Waals surface area contributed by atoms with Crippen LogP contribution in [-0.4, -0.2) is 111 Å². The molecule has 10 heteroatoms. The number of fused-ring (bicyclic) bond motifs is 2. The van der Waals surface area contributed by atoms with Crippen LogP contribution in [0.2, 0.25) is 0 Å². The van der Waals surface area contributed by atoms with E-state index < -0.39 is 40.1 Å². The molecule has 10 nitrogen and oxygen atoms in total. The zero-order chi connectivity index (χ0) is 29.8. The third-order valence-corrected chi connectivity index (χ3v) is 13.0. The van der Waals surface area contributed by atoms with Crippen molar-refractivity contribution >= 4 is 11.7 Å².